The number of hydrogen-bond donors (Lipinski definition) is 0. The minimum atomic E-state index is -4.16. The lowest BCUT2D eigenvalue weighted by Gasteiger charge is -2.33. The summed E-state index contributed by atoms with van der Waals surface area (Å²) in [5.74, 6) is -1.90. The number of anilines is 1. The molecule has 1 fully saturated rings. The van der Waals surface area contributed by atoms with Crippen LogP contribution in [0, 0.1) is 17.6 Å². The molecule has 11 heteroatoms. The second kappa shape index (κ2) is 10.8. The molecule has 0 bridgehead atoms. The summed E-state index contributed by atoms with van der Waals surface area (Å²) < 4.78 is 60.9. The Labute approximate surface area is 223 Å². The molecule has 1 aliphatic rings. The Morgan fingerprint density at radius 2 is 1.82 bits per heavy atom. The van der Waals surface area contributed by atoms with Crippen LogP contribution in [0.4, 0.5) is 13.9 Å². The van der Waals surface area contributed by atoms with Crippen LogP contribution in [0.5, 0.6) is 5.75 Å². The number of piperidine rings is 1. The summed E-state index contributed by atoms with van der Waals surface area (Å²) in [7, 11) is -2.58. The van der Waals surface area contributed by atoms with Crippen molar-refractivity contribution in [2.45, 2.75) is 24.3 Å². The lowest BCUT2D eigenvalue weighted by molar-refractivity contribution is -0.123. The van der Waals surface area contributed by atoms with Gasteiger partial charge in [-0.15, -0.1) is 0 Å². The predicted octanol–water partition coefficient (Wildman–Crippen LogP) is 5.22. The monoisotopic (exact) mass is 557 g/mol. The molecule has 1 saturated heterocycles. The fourth-order valence-corrected chi connectivity index (χ4v) is 7.00. The van der Waals surface area contributed by atoms with E-state index < -0.39 is 32.5 Å². The first-order valence-electron chi connectivity index (χ1n) is 12.0. The molecule has 0 saturated carbocycles. The largest absolute Gasteiger partial charge is 0.497 e. The van der Waals surface area contributed by atoms with Crippen LogP contribution in [0.25, 0.3) is 10.2 Å². The van der Waals surface area contributed by atoms with Gasteiger partial charge < -0.3 is 4.74 Å². The lowest BCUT2D eigenvalue weighted by atomic mass is 9.96. The summed E-state index contributed by atoms with van der Waals surface area (Å²) >= 11 is 1.40. The van der Waals surface area contributed by atoms with Crippen molar-refractivity contribution in [2.24, 2.45) is 5.92 Å². The van der Waals surface area contributed by atoms with E-state index >= 15 is 0 Å². The number of sulfonamides is 1. The van der Waals surface area contributed by atoms with Gasteiger partial charge >= 0.3 is 0 Å². The quantitative estimate of drug-likeness (QED) is 0.312. The van der Waals surface area contributed by atoms with Gasteiger partial charge in [-0.3, -0.25) is 9.69 Å². The van der Waals surface area contributed by atoms with Crippen LogP contribution in [0.2, 0.25) is 0 Å². The molecule has 1 aliphatic heterocycles. The Kier molecular flexibility index (Phi) is 7.42. The molecule has 198 valence electrons. The topological polar surface area (TPSA) is 79.8 Å². The zero-order chi connectivity index (χ0) is 26.9. The number of aromatic nitrogens is 1. The standard InChI is InChI=1S/C27H25F2N3O4S2/c1-36-21-8-9-24-23(16-21)30-27(37-24)32(17-18-5-3-2-4-6-18)26(33)19-11-13-31(14-12-19)38(34,35)25-10-7-20(28)15-22(25)29/h2-10,15-16,19H,11-14,17H2,1H3. The maximum absolute atomic E-state index is 14.2. The number of ether oxygens (including phenoxy) is 1. The number of thiazole rings is 1. The molecule has 3 aromatic carbocycles. The van der Waals surface area contributed by atoms with E-state index in [-0.39, 0.29) is 31.8 Å². The van der Waals surface area contributed by atoms with E-state index in [1.807, 2.05) is 48.5 Å². The van der Waals surface area contributed by atoms with Crippen LogP contribution < -0.4 is 9.64 Å². The molecule has 0 radical (unpaired) electrons. The minimum Gasteiger partial charge on any atom is -0.497 e. The summed E-state index contributed by atoms with van der Waals surface area (Å²) in [6, 6.07) is 17.5. The molecule has 0 N–H and O–H groups in total. The van der Waals surface area contributed by atoms with Gasteiger partial charge in [0, 0.05) is 31.1 Å². The van der Waals surface area contributed by atoms with E-state index in [0.29, 0.717) is 23.5 Å². The van der Waals surface area contributed by atoms with Gasteiger partial charge in [0.15, 0.2) is 5.13 Å². The Balaban J connectivity index is 1.38. The molecule has 5 rings (SSSR count). The van der Waals surface area contributed by atoms with E-state index in [1.54, 1.807) is 12.0 Å². The highest BCUT2D eigenvalue weighted by Crippen LogP contribution is 2.34. The number of hydrogen-bond acceptors (Lipinski definition) is 6. The van der Waals surface area contributed by atoms with E-state index in [4.69, 9.17) is 9.72 Å². The number of methoxy groups -OCH3 is 1. The predicted molar refractivity (Wildman–Crippen MR) is 142 cm³/mol. The van der Waals surface area contributed by atoms with Crippen LogP contribution in [-0.2, 0) is 21.4 Å². The fraction of sp³-hybridized carbons (Fsp3) is 0.259. The summed E-state index contributed by atoms with van der Waals surface area (Å²) in [5, 5.41) is 0.547. The van der Waals surface area contributed by atoms with Crippen LogP contribution in [0.15, 0.2) is 71.6 Å². The summed E-state index contributed by atoms with van der Waals surface area (Å²) in [4.78, 5) is 19.6. The number of rotatable bonds is 7. The Morgan fingerprint density at radius 3 is 2.50 bits per heavy atom. The maximum atomic E-state index is 14.2. The van der Waals surface area contributed by atoms with Crippen LogP contribution in [0.1, 0.15) is 18.4 Å². The Hall–Kier alpha value is -3.41. The van der Waals surface area contributed by atoms with Crippen molar-refractivity contribution < 1.29 is 26.7 Å². The van der Waals surface area contributed by atoms with Gasteiger partial charge in [0.05, 0.1) is 23.9 Å². The maximum Gasteiger partial charge on any atom is 0.245 e. The van der Waals surface area contributed by atoms with E-state index in [9.17, 15) is 22.0 Å². The zero-order valence-electron chi connectivity index (χ0n) is 20.5. The van der Waals surface area contributed by atoms with E-state index in [1.165, 1.54) is 11.3 Å². The van der Waals surface area contributed by atoms with Crippen molar-refractivity contribution >= 4 is 42.6 Å². The highest BCUT2D eigenvalue weighted by molar-refractivity contribution is 7.89. The third-order valence-electron chi connectivity index (χ3n) is 6.58. The molecule has 2 heterocycles. The highest BCUT2D eigenvalue weighted by Gasteiger charge is 2.36. The van der Waals surface area contributed by atoms with Gasteiger partial charge in [-0.05, 0) is 42.7 Å². The van der Waals surface area contributed by atoms with Gasteiger partial charge in [-0.1, -0.05) is 41.7 Å². The Morgan fingerprint density at radius 1 is 1.08 bits per heavy atom. The van der Waals surface area contributed by atoms with Crippen LogP contribution >= 0.6 is 11.3 Å². The number of benzene rings is 3. The molecule has 0 aliphatic carbocycles. The average Bonchev–Trinajstić information content (AvgIpc) is 3.35. The molecular formula is C27H25F2N3O4S2. The van der Waals surface area contributed by atoms with E-state index in [0.717, 1.165) is 32.2 Å². The molecule has 0 atom stereocenters. The van der Waals surface area contributed by atoms with Gasteiger partial charge in [0.2, 0.25) is 15.9 Å². The van der Waals surface area contributed by atoms with Gasteiger partial charge in [-0.2, -0.15) is 4.31 Å². The van der Waals surface area contributed by atoms with Crippen molar-refractivity contribution in [1.82, 2.24) is 9.29 Å². The third kappa shape index (κ3) is 5.27. The SMILES string of the molecule is COc1ccc2sc(N(Cc3ccccc3)C(=O)C3CCN(S(=O)(=O)c4ccc(F)cc4F)CC3)nc2c1. The minimum absolute atomic E-state index is 0.0474. The average molecular weight is 558 g/mol. The third-order valence-corrected chi connectivity index (χ3v) is 9.57. The molecule has 0 spiro atoms. The number of amides is 1. The van der Waals surface area contributed by atoms with Crippen LogP contribution in [0.3, 0.4) is 0 Å². The van der Waals surface area contributed by atoms with Crippen molar-refractivity contribution in [3.05, 3.63) is 83.9 Å². The van der Waals surface area contributed by atoms with Gasteiger partial charge in [0.1, 0.15) is 22.3 Å². The summed E-state index contributed by atoms with van der Waals surface area (Å²) in [6.45, 7) is 0.410. The molecule has 38 heavy (non-hydrogen) atoms. The number of halogens is 2. The van der Waals surface area contributed by atoms with Crippen LogP contribution in [-0.4, -0.2) is 43.8 Å². The first kappa shape index (κ1) is 26.2. The second-order valence-corrected chi connectivity index (χ2v) is 11.9. The van der Waals surface area contributed by atoms with Crippen molar-refractivity contribution in [2.75, 3.05) is 25.1 Å². The van der Waals surface area contributed by atoms with Gasteiger partial charge in [-0.25, -0.2) is 22.2 Å². The van der Waals surface area contributed by atoms with Crippen molar-refractivity contribution in [1.29, 1.82) is 0 Å². The van der Waals surface area contributed by atoms with Gasteiger partial charge in [0.25, 0.3) is 0 Å². The first-order chi connectivity index (χ1) is 18.3. The van der Waals surface area contributed by atoms with Crippen molar-refractivity contribution in [3.8, 4) is 5.75 Å². The lowest BCUT2D eigenvalue weighted by Crippen LogP contribution is -2.44. The second-order valence-electron chi connectivity index (χ2n) is 8.99. The number of fused-ring (bicyclic) bond motifs is 1. The summed E-state index contributed by atoms with van der Waals surface area (Å²) in [5.41, 5.74) is 1.65. The number of carbonyl (C=O) groups is 1. The molecule has 7 nitrogen and oxygen atoms in total. The molecule has 0 unspecified atom stereocenters. The van der Waals surface area contributed by atoms with Crippen molar-refractivity contribution in [3.63, 3.8) is 0 Å². The first-order valence-corrected chi connectivity index (χ1v) is 14.3. The zero-order valence-corrected chi connectivity index (χ0v) is 22.1. The molecule has 4 aromatic rings. The highest BCUT2D eigenvalue weighted by atomic mass is 32.2. The fourth-order valence-electron chi connectivity index (χ4n) is 4.53. The Bertz CT molecular complexity index is 1570. The number of carbonyl (C=O) groups excluding carboxylic acids is 1. The van der Waals surface area contributed by atoms with E-state index in [2.05, 4.69) is 0 Å². The molecule has 1 aromatic heterocycles. The molecule has 1 amide bonds. The summed E-state index contributed by atoms with van der Waals surface area (Å²) in [6.07, 6.45) is 0.537. The molecular weight excluding hydrogens is 532 g/mol. The smallest absolute Gasteiger partial charge is 0.245 e. The number of nitrogens with zero attached hydrogens (tertiary/aromatic N) is 3. The normalized spacial score (nSPS) is 15.0.